The fraction of sp³-hybridized carbons (Fsp3) is 0.333. The number of nitrogens with one attached hydrogen (secondary N) is 1. The van der Waals surface area contributed by atoms with Gasteiger partial charge in [0.2, 0.25) is 0 Å². The highest BCUT2D eigenvalue weighted by atomic mass is 19.1. The molecule has 1 aliphatic heterocycles. The van der Waals surface area contributed by atoms with Crippen LogP contribution in [-0.4, -0.2) is 43.6 Å². The first-order valence-electron chi connectivity index (χ1n) is 9.66. The van der Waals surface area contributed by atoms with Gasteiger partial charge in [-0.25, -0.2) is 18.9 Å². The second-order valence-corrected chi connectivity index (χ2v) is 7.31. The summed E-state index contributed by atoms with van der Waals surface area (Å²) in [6.07, 6.45) is 3.81. The standard InChI is InChI=1S/C21H22FN5O2/c1-14-16(5-4-10-23-14)20(28)26-11-8-15(9-12-26)13-19-24-25-21(29)27(19)18-7-3-2-6-17(18)22/h2-7,10,15H,8-9,11-13H2,1H3,(H,25,29). The summed E-state index contributed by atoms with van der Waals surface area (Å²) in [4.78, 5) is 31.0. The van der Waals surface area contributed by atoms with E-state index in [-0.39, 0.29) is 17.5 Å². The van der Waals surface area contributed by atoms with Gasteiger partial charge in [-0.3, -0.25) is 9.78 Å². The number of aromatic nitrogens is 4. The monoisotopic (exact) mass is 395 g/mol. The number of amides is 1. The second-order valence-electron chi connectivity index (χ2n) is 7.31. The summed E-state index contributed by atoms with van der Waals surface area (Å²) in [7, 11) is 0. The number of benzene rings is 1. The molecule has 1 aromatic carbocycles. The van der Waals surface area contributed by atoms with Gasteiger partial charge >= 0.3 is 5.69 Å². The summed E-state index contributed by atoms with van der Waals surface area (Å²) in [5.41, 5.74) is 1.10. The lowest BCUT2D eigenvalue weighted by atomic mass is 9.92. The van der Waals surface area contributed by atoms with Crippen LogP contribution in [0.5, 0.6) is 0 Å². The van der Waals surface area contributed by atoms with Gasteiger partial charge in [-0.1, -0.05) is 12.1 Å². The first-order chi connectivity index (χ1) is 14.0. The van der Waals surface area contributed by atoms with Crippen molar-refractivity contribution in [1.29, 1.82) is 0 Å². The number of piperidine rings is 1. The lowest BCUT2D eigenvalue weighted by Crippen LogP contribution is -2.39. The average Bonchev–Trinajstić information content (AvgIpc) is 3.09. The Morgan fingerprint density at radius 2 is 1.97 bits per heavy atom. The van der Waals surface area contributed by atoms with Gasteiger partial charge in [0.15, 0.2) is 0 Å². The van der Waals surface area contributed by atoms with Gasteiger partial charge < -0.3 is 4.90 Å². The molecule has 3 aromatic rings. The first kappa shape index (κ1) is 19.0. The largest absolute Gasteiger partial charge is 0.348 e. The van der Waals surface area contributed by atoms with E-state index in [1.54, 1.807) is 36.5 Å². The molecule has 0 unspecified atom stereocenters. The summed E-state index contributed by atoms with van der Waals surface area (Å²) >= 11 is 0. The number of halogens is 1. The SMILES string of the molecule is Cc1ncccc1C(=O)N1CCC(Cc2n[nH]c(=O)n2-c2ccccc2F)CC1. The third kappa shape index (κ3) is 3.83. The highest BCUT2D eigenvalue weighted by molar-refractivity contribution is 5.95. The Bertz CT molecular complexity index is 1080. The number of aromatic amines is 1. The number of aryl methyl sites for hydroxylation is 1. The van der Waals surface area contributed by atoms with Crippen LogP contribution in [0.1, 0.15) is 34.7 Å². The number of hydrogen-bond acceptors (Lipinski definition) is 4. The van der Waals surface area contributed by atoms with Crippen LogP contribution >= 0.6 is 0 Å². The number of likely N-dealkylation sites (tertiary alicyclic amines) is 1. The Kier molecular flexibility index (Phi) is 5.24. The maximum atomic E-state index is 14.2. The Morgan fingerprint density at radius 1 is 1.21 bits per heavy atom. The van der Waals surface area contributed by atoms with Crippen molar-refractivity contribution in [3.8, 4) is 5.69 Å². The van der Waals surface area contributed by atoms with E-state index in [1.807, 2.05) is 11.8 Å². The van der Waals surface area contributed by atoms with Gasteiger partial charge in [0.25, 0.3) is 5.91 Å². The van der Waals surface area contributed by atoms with E-state index in [0.717, 1.165) is 18.5 Å². The van der Waals surface area contributed by atoms with Crippen molar-refractivity contribution in [3.05, 3.63) is 76.0 Å². The zero-order valence-electron chi connectivity index (χ0n) is 16.1. The van der Waals surface area contributed by atoms with Crippen molar-refractivity contribution in [3.63, 3.8) is 0 Å². The number of pyridine rings is 1. The summed E-state index contributed by atoms with van der Waals surface area (Å²) < 4.78 is 15.5. The first-order valence-corrected chi connectivity index (χ1v) is 9.66. The summed E-state index contributed by atoms with van der Waals surface area (Å²) in [6.45, 7) is 3.10. The Labute approximate surface area is 167 Å². The van der Waals surface area contributed by atoms with E-state index in [1.165, 1.54) is 10.6 Å². The maximum Gasteiger partial charge on any atom is 0.348 e. The molecule has 1 aliphatic rings. The van der Waals surface area contributed by atoms with Crippen LogP contribution < -0.4 is 5.69 Å². The number of H-pyrrole nitrogens is 1. The topological polar surface area (TPSA) is 83.9 Å². The molecular formula is C21H22FN5O2. The number of hydrogen-bond donors (Lipinski definition) is 1. The lowest BCUT2D eigenvalue weighted by molar-refractivity contribution is 0.0688. The van der Waals surface area contributed by atoms with Crippen LogP contribution in [0, 0.1) is 18.7 Å². The number of carbonyl (C=O) groups excluding carboxylic acids is 1. The molecule has 8 heteroatoms. The third-order valence-corrected chi connectivity index (χ3v) is 5.45. The summed E-state index contributed by atoms with van der Waals surface area (Å²) in [5, 5.41) is 6.54. The van der Waals surface area contributed by atoms with Crippen LogP contribution in [-0.2, 0) is 6.42 Å². The van der Waals surface area contributed by atoms with E-state index < -0.39 is 11.5 Å². The van der Waals surface area contributed by atoms with Crippen LogP contribution in [0.15, 0.2) is 47.4 Å². The van der Waals surface area contributed by atoms with Crippen molar-refractivity contribution in [2.24, 2.45) is 5.92 Å². The maximum absolute atomic E-state index is 14.2. The van der Waals surface area contributed by atoms with E-state index in [4.69, 9.17) is 0 Å². The lowest BCUT2D eigenvalue weighted by Gasteiger charge is -2.32. The molecule has 0 atom stereocenters. The molecule has 2 aromatic heterocycles. The molecule has 0 radical (unpaired) electrons. The number of rotatable bonds is 4. The Morgan fingerprint density at radius 3 is 2.69 bits per heavy atom. The minimum atomic E-state index is -0.468. The minimum Gasteiger partial charge on any atom is -0.339 e. The van der Waals surface area contributed by atoms with Gasteiger partial charge in [-0.2, -0.15) is 5.10 Å². The zero-order valence-corrected chi connectivity index (χ0v) is 16.1. The minimum absolute atomic E-state index is 0.00270. The van der Waals surface area contributed by atoms with Gasteiger partial charge in [-0.05, 0) is 49.9 Å². The predicted octanol–water partition coefficient (Wildman–Crippen LogP) is 2.50. The number of para-hydroxylation sites is 1. The molecule has 0 aliphatic carbocycles. The van der Waals surface area contributed by atoms with Gasteiger partial charge in [0.1, 0.15) is 11.6 Å². The molecule has 29 heavy (non-hydrogen) atoms. The molecule has 1 N–H and O–H groups in total. The quantitative estimate of drug-likeness (QED) is 0.736. The van der Waals surface area contributed by atoms with Gasteiger partial charge in [0, 0.05) is 31.4 Å². The molecule has 0 spiro atoms. The van der Waals surface area contributed by atoms with Crippen LogP contribution in [0.4, 0.5) is 4.39 Å². The molecule has 4 rings (SSSR count). The molecule has 7 nitrogen and oxygen atoms in total. The van der Waals surface area contributed by atoms with Crippen LogP contribution in [0.2, 0.25) is 0 Å². The molecule has 0 saturated carbocycles. The van der Waals surface area contributed by atoms with Crippen molar-refractivity contribution in [2.75, 3.05) is 13.1 Å². The molecule has 0 bridgehead atoms. The van der Waals surface area contributed by atoms with E-state index in [2.05, 4.69) is 15.2 Å². The summed E-state index contributed by atoms with van der Waals surface area (Å²) in [6, 6.07) is 9.73. The highest BCUT2D eigenvalue weighted by Crippen LogP contribution is 2.23. The van der Waals surface area contributed by atoms with Crippen LogP contribution in [0.3, 0.4) is 0 Å². The fourth-order valence-electron chi connectivity index (χ4n) is 3.83. The molecule has 1 fully saturated rings. The predicted molar refractivity (Wildman–Crippen MR) is 105 cm³/mol. The molecule has 1 amide bonds. The van der Waals surface area contributed by atoms with Crippen molar-refractivity contribution >= 4 is 5.91 Å². The number of carbonyl (C=O) groups is 1. The molecular weight excluding hydrogens is 373 g/mol. The zero-order chi connectivity index (χ0) is 20.4. The molecule has 1 saturated heterocycles. The highest BCUT2D eigenvalue weighted by Gasteiger charge is 2.26. The fourth-order valence-corrected chi connectivity index (χ4v) is 3.83. The van der Waals surface area contributed by atoms with Gasteiger partial charge in [0.05, 0.1) is 11.3 Å². The normalized spacial score (nSPS) is 14.9. The van der Waals surface area contributed by atoms with Gasteiger partial charge in [-0.15, -0.1) is 0 Å². The van der Waals surface area contributed by atoms with Crippen molar-refractivity contribution in [2.45, 2.75) is 26.2 Å². The van der Waals surface area contributed by atoms with E-state index in [9.17, 15) is 14.0 Å². The molecule has 3 heterocycles. The third-order valence-electron chi connectivity index (χ3n) is 5.45. The summed E-state index contributed by atoms with van der Waals surface area (Å²) in [5.74, 6) is 0.296. The number of nitrogens with zero attached hydrogens (tertiary/aromatic N) is 4. The smallest absolute Gasteiger partial charge is 0.339 e. The second kappa shape index (κ2) is 7.98. The van der Waals surface area contributed by atoms with Crippen molar-refractivity contribution < 1.29 is 9.18 Å². The van der Waals surface area contributed by atoms with Crippen LogP contribution in [0.25, 0.3) is 5.69 Å². The Hall–Kier alpha value is -3.29. The average molecular weight is 395 g/mol. The van der Waals surface area contributed by atoms with Crippen molar-refractivity contribution in [1.82, 2.24) is 24.6 Å². The van der Waals surface area contributed by atoms with E-state index >= 15 is 0 Å². The van der Waals surface area contributed by atoms with E-state index in [0.29, 0.717) is 30.9 Å². The Balaban J connectivity index is 1.45. The molecule has 150 valence electrons.